The Kier molecular flexibility index (Phi) is 8.96. The molecule has 8 heteroatoms. The highest BCUT2D eigenvalue weighted by molar-refractivity contribution is 14.3. The van der Waals surface area contributed by atoms with E-state index in [1.165, 1.54) is 18.3 Å². The number of rotatable bonds is 4. The van der Waals surface area contributed by atoms with E-state index in [0.717, 1.165) is 0 Å². The molecule has 0 saturated carbocycles. The maximum absolute atomic E-state index is 10.5. The van der Waals surface area contributed by atoms with Crippen molar-refractivity contribution in [2.24, 2.45) is 0 Å². The molecular weight excluding hydrogens is 465 g/mol. The van der Waals surface area contributed by atoms with Gasteiger partial charge in [-0.25, -0.2) is 0 Å². The molecule has 1 atom stereocenters. The Morgan fingerprint density at radius 3 is 2.67 bits per heavy atom. The van der Waals surface area contributed by atoms with Crippen molar-refractivity contribution in [3.05, 3.63) is 0 Å². The van der Waals surface area contributed by atoms with E-state index in [-0.39, 0.29) is 9.02 Å². The van der Waals surface area contributed by atoms with Gasteiger partial charge in [-0.3, -0.25) is 4.79 Å². The zero-order chi connectivity index (χ0) is 11.9. The van der Waals surface area contributed by atoms with Gasteiger partial charge in [0.05, 0.1) is 9.02 Å². The molecule has 0 amide bonds. The van der Waals surface area contributed by atoms with Gasteiger partial charge in [0.1, 0.15) is 6.61 Å². The smallest absolute Gasteiger partial charge is 0.302 e. The average Bonchev–Trinajstić information content (AvgIpc) is 2.14. The normalized spacial score (nSPS) is 14.0. The fourth-order valence-corrected chi connectivity index (χ4v) is 2.92. The average molecular weight is 474 g/mol. The lowest BCUT2D eigenvalue weighted by Gasteiger charge is -2.18. The van der Waals surface area contributed by atoms with Crippen LogP contribution < -0.4 is 0 Å². The van der Waals surface area contributed by atoms with Crippen LogP contribution in [0.5, 0.6) is 0 Å². The molecule has 0 aromatic carbocycles. The maximum atomic E-state index is 10.5. The van der Waals surface area contributed by atoms with Gasteiger partial charge in [0, 0.05) is 6.92 Å². The Balaban J connectivity index is 4.27. The fourth-order valence-electron chi connectivity index (χ4n) is 0.495. The van der Waals surface area contributed by atoms with Gasteiger partial charge in [0.25, 0.3) is 0 Å². The number of aliphatic hydroxyl groups is 2. The van der Waals surface area contributed by atoms with Crippen molar-refractivity contribution >= 4 is 63.8 Å². The molecule has 0 saturated heterocycles. The summed E-state index contributed by atoms with van der Waals surface area (Å²) in [5.41, 5.74) is -1.66. The Labute approximate surface area is 119 Å². The van der Waals surface area contributed by atoms with E-state index in [4.69, 9.17) is 5.11 Å². The molecule has 0 fully saturated rings. The third-order valence-corrected chi connectivity index (χ3v) is 5.74. The van der Waals surface area contributed by atoms with Gasteiger partial charge in [0.2, 0.25) is 0 Å². The molecule has 0 unspecified atom stereocenters. The van der Waals surface area contributed by atoms with Crippen LogP contribution in [0, 0.1) is 11.2 Å². The zero-order valence-electron chi connectivity index (χ0n) is 7.74. The number of esters is 1. The topological polar surface area (TPSA) is 66.8 Å². The van der Waals surface area contributed by atoms with Gasteiger partial charge in [-0.2, -0.15) is 0 Å². The summed E-state index contributed by atoms with van der Waals surface area (Å²) >= 11 is 5.81. The second-order valence-electron chi connectivity index (χ2n) is 2.49. The first-order valence-electron chi connectivity index (χ1n) is 3.67. The standard InChI is InChI=1S/C7H9I2O4PS/c1-6(11)13-5-7(12,4-10)2-3-15-14(8)9/h10,12H,4-5H2,1H3/t7-/m1/s1. The highest BCUT2D eigenvalue weighted by Gasteiger charge is 2.25. The lowest BCUT2D eigenvalue weighted by Crippen LogP contribution is -2.37. The third kappa shape index (κ3) is 8.94. The number of carbonyl (C=O) groups excluding carboxylic acids is 1. The van der Waals surface area contributed by atoms with E-state index in [2.05, 4.69) is 60.0 Å². The number of hydrogen-bond acceptors (Lipinski definition) is 5. The fraction of sp³-hybridized carbons (Fsp3) is 0.571. The van der Waals surface area contributed by atoms with Crippen LogP contribution in [0.15, 0.2) is 0 Å². The van der Waals surface area contributed by atoms with Crippen LogP contribution in [0.1, 0.15) is 6.92 Å². The van der Waals surface area contributed by atoms with Crippen LogP contribution in [0.4, 0.5) is 0 Å². The first kappa shape index (κ1) is 16.2. The van der Waals surface area contributed by atoms with Crippen LogP contribution >= 0.6 is 57.9 Å². The molecule has 0 radical (unpaired) electrons. The Hall–Kier alpha value is 1.19. The van der Waals surface area contributed by atoms with Crippen molar-refractivity contribution in [1.29, 1.82) is 0 Å². The van der Waals surface area contributed by atoms with Crippen molar-refractivity contribution in [2.45, 2.75) is 12.5 Å². The molecule has 0 aliphatic heterocycles. The Bertz CT molecular complexity index is 278. The highest BCUT2D eigenvalue weighted by Crippen LogP contribution is 2.64. The number of ether oxygens (including phenoxy) is 1. The summed E-state index contributed by atoms with van der Waals surface area (Å²) in [6, 6.07) is 0. The van der Waals surface area contributed by atoms with Gasteiger partial charge in [0.15, 0.2) is 5.60 Å². The van der Waals surface area contributed by atoms with Crippen molar-refractivity contribution < 1.29 is 19.7 Å². The van der Waals surface area contributed by atoms with Crippen LogP contribution in [-0.2, 0) is 9.53 Å². The summed E-state index contributed by atoms with van der Waals surface area (Å²) in [6.07, 6.45) is 0. The molecule has 15 heavy (non-hydrogen) atoms. The Morgan fingerprint density at radius 2 is 2.27 bits per heavy atom. The van der Waals surface area contributed by atoms with Crippen LogP contribution in [-0.4, -0.2) is 35.0 Å². The molecule has 0 aromatic rings. The highest BCUT2D eigenvalue weighted by atomic mass is 127. The largest absolute Gasteiger partial charge is 0.462 e. The number of aliphatic hydroxyl groups excluding tert-OH is 1. The molecule has 0 aliphatic rings. The van der Waals surface area contributed by atoms with Crippen molar-refractivity contribution in [3.63, 3.8) is 0 Å². The lowest BCUT2D eigenvalue weighted by atomic mass is 10.1. The second kappa shape index (κ2) is 8.31. The summed E-state index contributed by atoms with van der Waals surface area (Å²) in [5, 5.41) is 21.3. The second-order valence-corrected chi connectivity index (χ2v) is 20.2. The quantitative estimate of drug-likeness (QED) is 0.283. The van der Waals surface area contributed by atoms with Crippen LogP contribution in [0.2, 0.25) is 0 Å². The van der Waals surface area contributed by atoms with E-state index >= 15 is 0 Å². The minimum absolute atomic E-state index is 0.298. The monoisotopic (exact) mass is 474 g/mol. The van der Waals surface area contributed by atoms with E-state index < -0.39 is 18.2 Å². The molecule has 2 N–H and O–H groups in total. The summed E-state index contributed by atoms with van der Waals surface area (Å²) < 4.78 is 4.30. The zero-order valence-corrected chi connectivity index (χ0v) is 13.8. The maximum Gasteiger partial charge on any atom is 0.302 e. The minimum Gasteiger partial charge on any atom is -0.462 e. The third-order valence-electron chi connectivity index (χ3n) is 1.17. The molecule has 4 nitrogen and oxygen atoms in total. The summed E-state index contributed by atoms with van der Waals surface area (Å²) in [7, 11) is 0. The number of carbonyl (C=O) groups is 1. The number of halogens is 2. The summed E-state index contributed by atoms with van der Waals surface area (Å²) in [5.74, 6) is 1.97. The summed E-state index contributed by atoms with van der Waals surface area (Å²) in [6.45, 7) is 0.357. The molecule has 86 valence electrons. The van der Waals surface area contributed by atoms with E-state index in [1.807, 2.05) is 0 Å². The molecular formula is C7H9I2O4PS. The Morgan fingerprint density at radius 1 is 1.67 bits per heavy atom. The predicted octanol–water partition coefficient (Wildman–Crippen LogP) is 2.06. The molecule has 0 bridgehead atoms. The molecule has 0 heterocycles. The molecule has 0 aliphatic carbocycles. The van der Waals surface area contributed by atoms with Gasteiger partial charge in [-0.15, -0.1) is 0 Å². The molecule has 0 rings (SSSR count). The first-order valence-corrected chi connectivity index (χ1v) is 12.0. The molecule has 0 spiro atoms. The lowest BCUT2D eigenvalue weighted by molar-refractivity contribution is -0.147. The number of hydrogen-bond donors (Lipinski definition) is 2. The minimum atomic E-state index is -1.66. The van der Waals surface area contributed by atoms with Crippen LogP contribution in [0.3, 0.4) is 0 Å². The van der Waals surface area contributed by atoms with E-state index in [0.29, 0.717) is 0 Å². The predicted molar refractivity (Wildman–Crippen MR) is 79.0 cm³/mol. The van der Waals surface area contributed by atoms with Gasteiger partial charge in [-0.1, -0.05) is 0 Å². The summed E-state index contributed by atoms with van der Waals surface area (Å²) in [4.78, 5) is 10.5. The van der Waals surface area contributed by atoms with Crippen molar-refractivity contribution in [3.8, 4) is 11.2 Å². The van der Waals surface area contributed by atoms with E-state index in [1.54, 1.807) is 0 Å². The van der Waals surface area contributed by atoms with Crippen LogP contribution in [0.25, 0.3) is 0 Å². The first-order chi connectivity index (χ1) is 6.89. The SMILES string of the molecule is CC(=O)OC[C@@](O)(C#CSP(I)I)CO. The van der Waals surface area contributed by atoms with E-state index in [9.17, 15) is 9.90 Å². The van der Waals surface area contributed by atoms with Gasteiger partial charge in [-0.05, 0) is 66.6 Å². The van der Waals surface area contributed by atoms with Gasteiger partial charge < -0.3 is 14.9 Å². The van der Waals surface area contributed by atoms with Crippen molar-refractivity contribution in [2.75, 3.05) is 13.2 Å². The van der Waals surface area contributed by atoms with Crippen molar-refractivity contribution in [1.82, 2.24) is 0 Å². The van der Waals surface area contributed by atoms with Gasteiger partial charge >= 0.3 is 5.97 Å². The molecule has 0 aromatic heterocycles.